The highest BCUT2D eigenvalue weighted by Gasteiger charge is 2.17. The normalized spacial score (nSPS) is 11.9. The zero-order chi connectivity index (χ0) is 11.6. The Bertz CT molecular complexity index is 347. The van der Waals surface area contributed by atoms with Gasteiger partial charge in [0.1, 0.15) is 0 Å². The summed E-state index contributed by atoms with van der Waals surface area (Å²) in [6, 6.07) is 1.88. The molecule has 0 radical (unpaired) electrons. The van der Waals surface area contributed by atoms with Crippen molar-refractivity contribution in [2.45, 2.75) is 40.0 Å². The molecule has 1 amide bonds. The van der Waals surface area contributed by atoms with Crippen LogP contribution in [0.2, 0.25) is 0 Å². The first kappa shape index (κ1) is 11.8. The van der Waals surface area contributed by atoms with Crippen LogP contribution in [-0.2, 0) is 10.2 Å². The van der Waals surface area contributed by atoms with E-state index in [1.807, 2.05) is 19.9 Å². The second-order valence-corrected chi connectivity index (χ2v) is 5.06. The number of carbonyl (C=O) groups is 1. The van der Waals surface area contributed by atoms with Gasteiger partial charge in [-0.05, 0) is 0 Å². The molecule has 0 aliphatic rings. The molecule has 84 valence electrons. The summed E-state index contributed by atoms with van der Waals surface area (Å²) in [4.78, 5) is 11.4. The summed E-state index contributed by atoms with van der Waals surface area (Å²) in [5.74, 6) is 0.556. The second-order valence-electron chi connectivity index (χ2n) is 5.06. The highest BCUT2D eigenvalue weighted by Crippen LogP contribution is 2.21. The molecule has 2 N–H and O–H groups in total. The minimum absolute atomic E-state index is 0.0121. The molecule has 0 aromatic carbocycles. The molecular weight excluding hydrogens is 190 g/mol. The van der Waals surface area contributed by atoms with E-state index in [1.165, 1.54) is 0 Å². The number of H-pyrrole nitrogens is 1. The summed E-state index contributed by atoms with van der Waals surface area (Å²) in [6.45, 7) is 9.98. The van der Waals surface area contributed by atoms with Gasteiger partial charge in [0.25, 0.3) is 0 Å². The van der Waals surface area contributed by atoms with Gasteiger partial charge in [0.2, 0.25) is 5.91 Å². The van der Waals surface area contributed by atoms with E-state index in [2.05, 4.69) is 36.3 Å². The third-order valence-corrected chi connectivity index (χ3v) is 2.16. The number of aromatic nitrogens is 2. The average Bonchev–Trinajstić information content (AvgIpc) is 2.51. The fraction of sp³-hybridized carbons (Fsp3) is 0.636. The minimum atomic E-state index is -0.0280. The monoisotopic (exact) mass is 209 g/mol. The van der Waals surface area contributed by atoms with Crippen LogP contribution < -0.4 is 5.32 Å². The van der Waals surface area contributed by atoms with E-state index in [-0.39, 0.29) is 17.2 Å². The van der Waals surface area contributed by atoms with Gasteiger partial charge in [-0.1, -0.05) is 34.6 Å². The molecule has 4 nitrogen and oxygen atoms in total. The first-order chi connectivity index (χ1) is 6.80. The third-order valence-electron chi connectivity index (χ3n) is 2.16. The molecule has 1 aromatic heterocycles. The molecule has 0 aliphatic heterocycles. The molecule has 0 saturated heterocycles. The summed E-state index contributed by atoms with van der Waals surface area (Å²) in [5, 5.41) is 9.73. The molecule has 0 unspecified atom stereocenters. The van der Waals surface area contributed by atoms with E-state index >= 15 is 0 Å². The van der Waals surface area contributed by atoms with Crippen LogP contribution in [0.15, 0.2) is 6.07 Å². The summed E-state index contributed by atoms with van der Waals surface area (Å²) >= 11 is 0. The van der Waals surface area contributed by atoms with Gasteiger partial charge >= 0.3 is 0 Å². The van der Waals surface area contributed by atoms with Gasteiger partial charge < -0.3 is 5.32 Å². The van der Waals surface area contributed by atoms with Crippen LogP contribution in [0.4, 0.5) is 5.82 Å². The van der Waals surface area contributed by atoms with Gasteiger partial charge in [0.05, 0.1) is 0 Å². The number of nitrogens with zero attached hydrogens (tertiary/aromatic N) is 1. The van der Waals surface area contributed by atoms with Crippen LogP contribution in [0.25, 0.3) is 0 Å². The van der Waals surface area contributed by atoms with Crippen LogP contribution in [0, 0.1) is 5.92 Å². The summed E-state index contributed by atoms with van der Waals surface area (Å²) in [7, 11) is 0. The van der Waals surface area contributed by atoms with Gasteiger partial charge in [-0.2, -0.15) is 5.10 Å². The predicted octanol–water partition coefficient (Wildman–Crippen LogP) is 2.30. The molecule has 0 aliphatic carbocycles. The fourth-order valence-electron chi connectivity index (χ4n) is 1.04. The van der Waals surface area contributed by atoms with Crippen molar-refractivity contribution >= 4 is 11.7 Å². The molecule has 15 heavy (non-hydrogen) atoms. The SMILES string of the molecule is CC(C)C(=O)Nc1cc(C(C)(C)C)[nH]n1. The van der Waals surface area contributed by atoms with E-state index < -0.39 is 0 Å². The Hall–Kier alpha value is -1.32. The lowest BCUT2D eigenvalue weighted by Crippen LogP contribution is -2.17. The number of anilines is 1. The van der Waals surface area contributed by atoms with Crippen molar-refractivity contribution in [2.24, 2.45) is 5.92 Å². The highest BCUT2D eigenvalue weighted by molar-refractivity contribution is 5.91. The van der Waals surface area contributed by atoms with Crippen molar-refractivity contribution in [3.05, 3.63) is 11.8 Å². The number of hydrogen-bond acceptors (Lipinski definition) is 2. The van der Waals surface area contributed by atoms with Crippen molar-refractivity contribution in [1.29, 1.82) is 0 Å². The Morgan fingerprint density at radius 1 is 1.47 bits per heavy atom. The molecule has 0 atom stereocenters. The largest absolute Gasteiger partial charge is 0.309 e. The number of carbonyl (C=O) groups excluding carboxylic acids is 1. The quantitative estimate of drug-likeness (QED) is 0.785. The number of nitrogens with one attached hydrogen (secondary N) is 2. The van der Waals surface area contributed by atoms with Crippen molar-refractivity contribution in [3.8, 4) is 0 Å². The Morgan fingerprint density at radius 2 is 2.07 bits per heavy atom. The van der Waals surface area contributed by atoms with Gasteiger partial charge in [-0.25, -0.2) is 0 Å². The number of aromatic amines is 1. The Balaban J connectivity index is 2.73. The van der Waals surface area contributed by atoms with Gasteiger partial charge in [0, 0.05) is 23.1 Å². The van der Waals surface area contributed by atoms with Crippen LogP contribution in [0.5, 0.6) is 0 Å². The van der Waals surface area contributed by atoms with Crippen molar-refractivity contribution in [1.82, 2.24) is 10.2 Å². The Morgan fingerprint density at radius 3 is 2.47 bits per heavy atom. The minimum Gasteiger partial charge on any atom is -0.309 e. The fourth-order valence-corrected chi connectivity index (χ4v) is 1.04. The second kappa shape index (κ2) is 4.04. The Kier molecular flexibility index (Phi) is 3.17. The molecular formula is C11H19N3O. The first-order valence-corrected chi connectivity index (χ1v) is 5.17. The van der Waals surface area contributed by atoms with Crippen molar-refractivity contribution in [3.63, 3.8) is 0 Å². The van der Waals surface area contributed by atoms with Crippen LogP contribution in [0.3, 0.4) is 0 Å². The lowest BCUT2D eigenvalue weighted by Gasteiger charge is -2.14. The molecule has 0 fully saturated rings. The van der Waals surface area contributed by atoms with Crippen LogP contribution in [-0.4, -0.2) is 16.1 Å². The molecule has 0 saturated carbocycles. The summed E-state index contributed by atoms with van der Waals surface area (Å²) < 4.78 is 0. The van der Waals surface area contributed by atoms with Crippen molar-refractivity contribution < 1.29 is 4.79 Å². The lowest BCUT2D eigenvalue weighted by atomic mass is 9.92. The Labute approximate surface area is 90.5 Å². The predicted molar refractivity (Wildman–Crippen MR) is 60.8 cm³/mol. The number of amides is 1. The third kappa shape index (κ3) is 3.08. The van der Waals surface area contributed by atoms with E-state index in [0.29, 0.717) is 5.82 Å². The van der Waals surface area contributed by atoms with Gasteiger partial charge in [0.15, 0.2) is 5.82 Å². The maximum atomic E-state index is 11.4. The molecule has 4 heteroatoms. The van der Waals surface area contributed by atoms with E-state index in [9.17, 15) is 4.79 Å². The molecule has 1 heterocycles. The molecule has 1 aromatic rings. The maximum absolute atomic E-state index is 11.4. The zero-order valence-electron chi connectivity index (χ0n) is 10.0. The number of rotatable bonds is 2. The van der Waals surface area contributed by atoms with E-state index in [0.717, 1.165) is 5.69 Å². The van der Waals surface area contributed by atoms with E-state index in [1.54, 1.807) is 0 Å². The number of hydrogen-bond donors (Lipinski definition) is 2. The van der Waals surface area contributed by atoms with Crippen LogP contribution in [0.1, 0.15) is 40.3 Å². The summed E-state index contributed by atoms with van der Waals surface area (Å²) in [5.41, 5.74) is 1.04. The lowest BCUT2D eigenvalue weighted by molar-refractivity contribution is -0.118. The first-order valence-electron chi connectivity index (χ1n) is 5.17. The summed E-state index contributed by atoms with van der Waals surface area (Å²) in [6.07, 6.45) is 0. The standard InChI is InChI=1S/C11H19N3O/c1-7(2)10(15)12-9-6-8(13-14-9)11(3,4)5/h6-7H,1-5H3,(H2,12,13,14,15). The molecule has 1 rings (SSSR count). The van der Waals surface area contributed by atoms with E-state index in [4.69, 9.17) is 0 Å². The van der Waals surface area contributed by atoms with Crippen LogP contribution >= 0.6 is 0 Å². The molecule has 0 bridgehead atoms. The topological polar surface area (TPSA) is 57.8 Å². The van der Waals surface area contributed by atoms with Gasteiger partial charge in [-0.15, -0.1) is 0 Å². The average molecular weight is 209 g/mol. The molecule has 0 spiro atoms. The van der Waals surface area contributed by atoms with Crippen molar-refractivity contribution in [2.75, 3.05) is 5.32 Å². The zero-order valence-corrected chi connectivity index (χ0v) is 10.0. The smallest absolute Gasteiger partial charge is 0.228 e. The highest BCUT2D eigenvalue weighted by atomic mass is 16.1. The maximum Gasteiger partial charge on any atom is 0.228 e. The van der Waals surface area contributed by atoms with Gasteiger partial charge in [-0.3, -0.25) is 9.89 Å².